The first-order chi connectivity index (χ1) is 9.33. The zero-order valence-electron chi connectivity index (χ0n) is 11.9. The van der Waals surface area contributed by atoms with E-state index in [1.807, 2.05) is 6.07 Å². The fourth-order valence-electron chi connectivity index (χ4n) is 1.94. The van der Waals surface area contributed by atoms with Gasteiger partial charge in [-0.1, -0.05) is 0 Å². The Hall–Kier alpha value is -1.36. The van der Waals surface area contributed by atoms with Gasteiger partial charge in [0.05, 0.1) is 0 Å². The molecule has 0 aliphatic heterocycles. The number of nitrogens with one attached hydrogen (secondary N) is 2. The Morgan fingerprint density at radius 3 is 2.58 bits per heavy atom. The van der Waals surface area contributed by atoms with Crippen molar-refractivity contribution in [3.05, 3.63) is 11.9 Å². The van der Waals surface area contributed by atoms with Crippen LogP contribution in [-0.2, 0) is 4.74 Å². The summed E-state index contributed by atoms with van der Waals surface area (Å²) in [4.78, 5) is 9.16. The standard InChI is InChI=1S/C14H24N4O/c1-3-15-12-10-13(16-8-4-5-9-19-2)18-14(17-12)11-6-7-11/h10-11H,3-9H2,1-2H3,(H2,15,16,17,18). The maximum Gasteiger partial charge on any atom is 0.136 e. The van der Waals surface area contributed by atoms with Crippen LogP contribution in [0.1, 0.15) is 44.3 Å². The first kappa shape index (κ1) is 14.1. The molecular formula is C14H24N4O. The number of ether oxygens (including phenoxy) is 1. The third kappa shape index (κ3) is 4.67. The van der Waals surface area contributed by atoms with Crippen molar-refractivity contribution in [3.8, 4) is 0 Å². The largest absolute Gasteiger partial charge is 0.385 e. The van der Waals surface area contributed by atoms with Gasteiger partial charge in [-0.3, -0.25) is 0 Å². The van der Waals surface area contributed by atoms with E-state index in [2.05, 4.69) is 27.5 Å². The lowest BCUT2D eigenvalue weighted by Gasteiger charge is -2.10. The molecule has 106 valence electrons. The van der Waals surface area contributed by atoms with Crippen LogP contribution < -0.4 is 10.6 Å². The summed E-state index contributed by atoms with van der Waals surface area (Å²) in [7, 11) is 1.74. The zero-order chi connectivity index (χ0) is 13.5. The van der Waals surface area contributed by atoms with Crippen LogP contribution in [0.4, 0.5) is 11.6 Å². The minimum Gasteiger partial charge on any atom is -0.385 e. The van der Waals surface area contributed by atoms with Crippen LogP contribution in [0.3, 0.4) is 0 Å². The average Bonchev–Trinajstić information content (AvgIpc) is 3.23. The number of rotatable bonds is 9. The monoisotopic (exact) mass is 264 g/mol. The van der Waals surface area contributed by atoms with E-state index in [1.54, 1.807) is 7.11 Å². The van der Waals surface area contributed by atoms with Crippen LogP contribution >= 0.6 is 0 Å². The van der Waals surface area contributed by atoms with Crippen LogP contribution in [-0.4, -0.2) is 36.8 Å². The van der Waals surface area contributed by atoms with Crippen molar-refractivity contribution in [3.63, 3.8) is 0 Å². The Bertz CT molecular complexity index is 393. The normalized spacial score (nSPS) is 14.4. The van der Waals surface area contributed by atoms with Crippen molar-refractivity contribution < 1.29 is 4.74 Å². The van der Waals surface area contributed by atoms with E-state index in [9.17, 15) is 0 Å². The molecule has 2 N–H and O–H groups in total. The lowest BCUT2D eigenvalue weighted by atomic mass is 10.3. The van der Waals surface area contributed by atoms with Gasteiger partial charge in [0.15, 0.2) is 0 Å². The molecule has 1 fully saturated rings. The van der Waals surface area contributed by atoms with Crippen molar-refractivity contribution >= 4 is 11.6 Å². The van der Waals surface area contributed by atoms with Gasteiger partial charge in [-0.05, 0) is 32.6 Å². The second kappa shape index (κ2) is 7.28. The van der Waals surface area contributed by atoms with Gasteiger partial charge in [0.2, 0.25) is 0 Å². The van der Waals surface area contributed by atoms with Crippen LogP contribution in [0, 0.1) is 0 Å². The van der Waals surface area contributed by atoms with Crippen LogP contribution in [0.5, 0.6) is 0 Å². The molecule has 0 saturated heterocycles. The van der Waals surface area contributed by atoms with Gasteiger partial charge >= 0.3 is 0 Å². The molecule has 5 heteroatoms. The fraction of sp³-hybridized carbons (Fsp3) is 0.714. The summed E-state index contributed by atoms with van der Waals surface area (Å²) < 4.78 is 5.04. The summed E-state index contributed by atoms with van der Waals surface area (Å²) in [5.74, 6) is 3.43. The first-order valence-corrected chi connectivity index (χ1v) is 7.19. The second-order valence-electron chi connectivity index (χ2n) is 4.93. The predicted octanol–water partition coefficient (Wildman–Crippen LogP) is 2.62. The van der Waals surface area contributed by atoms with Gasteiger partial charge in [0.1, 0.15) is 17.5 Å². The number of nitrogens with zero attached hydrogens (tertiary/aromatic N) is 2. The number of methoxy groups -OCH3 is 1. The molecule has 1 aliphatic rings. The van der Waals surface area contributed by atoms with Crippen LogP contribution in [0.25, 0.3) is 0 Å². The summed E-state index contributed by atoms with van der Waals surface area (Å²) in [6.45, 7) is 4.71. The van der Waals surface area contributed by atoms with E-state index in [4.69, 9.17) is 4.74 Å². The van der Waals surface area contributed by atoms with E-state index < -0.39 is 0 Å². The van der Waals surface area contributed by atoms with Crippen molar-refractivity contribution in [1.29, 1.82) is 0 Å². The molecule has 1 heterocycles. The van der Waals surface area contributed by atoms with E-state index >= 15 is 0 Å². The lowest BCUT2D eigenvalue weighted by molar-refractivity contribution is 0.194. The summed E-state index contributed by atoms with van der Waals surface area (Å²) in [5, 5.41) is 6.65. The van der Waals surface area contributed by atoms with Crippen molar-refractivity contribution in [2.24, 2.45) is 0 Å². The third-order valence-corrected chi connectivity index (χ3v) is 3.13. The summed E-state index contributed by atoms with van der Waals surface area (Å²) >= 11 is 0. The first-order valence-electron chi connectivity index (χ1n) is 7.19. The molecule has 0 radical (unpaired) electrons. The quantitative estimate of drug-likeness (QED) is 0.671. The van der Waals surface area contributed by atoms with Gasteiger partial charge in [-0.15, -0.1) is 0 Å². The highest BCUT2D eigenvalue weighted by Gasteiger charge is 2.27. The van der Waals surface area contributed by atoms with E-state index in [1.165, 1.54) is 12.8 Å². The number of hydrogen-bond acceptors (Lipinski definition) is 5. The molecule has 2 rings (SSSR count). The topological polar surface area (TPSA) is 59.1 Å². The summed E-state index contributed by atoms with van der Waals surface area (Å²) in [6, 6.07) is 1.99. The predicted molar refractivity (Wildman–Crippen MR) is 77.8 cm³/mol. The Morgan fingerprint density at radius 2 is 1.95 bits per heavy atom. The van der Waals surface area contributed by atoms with Gasteiger partial charge in [-0.2, -0.15) is 0 Å². The zero-order valence-corrected chi connectivity index (χ0v) is 11.9. The highest BCUT2D eigenvalue weighted by molar-refractivity contribution is 5.48. The highest BCUT2D eigenvalue weighted by atomic mass is 16.5. The SMILES string of the molecule is CCNc1cc(NCCCCOC)nc(C2CC2)n1. The van der Waals surface area contributed by atoms with Gasteiger partial charge in [0, 0.05) is 38.8 Å². The average molecular weight is 264 g/mol. The van der Waals surface area contributed by atoms with Crippen molar-refractivity contribution in [1.82, 2.24) is 9.97 Å². The third-order valence-electron chi connectivity index (χ3n) is 3.13. The number of anilines is 2. The minimum absolute atomic E-state index is 0.577. The second-order valence-corrected chi connectivity index (χ2v) is 4.93. The Morgan fingerprint density at radius 1 is 1.21 bits per heavy atom. The van der Waals surface area contributed by atoms with E-state index in [0.717, 1.165) is 50.0 Å². The van der Waals surface area contributed by atoms with Crippen LogP contribution in [0.2, 0.25) is 0 Å². The van der Waals surface area contributed by atoms with Gasteiger partial charge in [0.25, 0.3) is 0 Å². The Balaban J connectivity index is 1.90. The molecule has 0 unspecified atom stereocenters. The minimum atomic E-state index is 0.577. The molecule has 0 spiro atoms. The van der Waals surface area contributed by atoms with Gasteiger partial charge < -0.3 is 15.4 Å². The van der Waals surface area contributed by atoms with Gasteiger partial charge in [-0.25, -0.2) is 9.97 Å². The maximum atomic E-state index is 5.04. The smallest absolute Gasteiger partial charge is 0.136 e. The van der Waals surface area contributed by atoms with Crippen LogP contribution in [0.15, 0.2) is 6.07 Å². The highest BCUT2D eigenvalue weighted by Crippen LogP contribution is 2.38. The maximum absolute atomic E-state index is 5.04. The summed E-state index contributed by atoms with van der Waals surface area (Å²) in [5.41, 5.74) is 0. The van der Waals surface area contributed by atoms with E-state index in [-0.39, 0.29) is 0 Å². The number of hydrogen-bond donors (Lipinski definition) is 2. The van der Waals surface area contributed by atoms with Crippen molar-refractivity contribution in [2.75, 3.05) is 37.4 Å². The van der Waals surface area contributed by atoms with E-state index in [0.29, 0.717) is 5.92 Å². The fourth-order valence-corrected chi connectivity index (χ4v) is 1.94. The molecule has 0 atom stereocenters. The molecule has 0 amide bonds. The molecule has 1 saturated carbocycles. The molecule has 1 aromatic rings. The Kier molecular flexibility index (Phi) is 5.39. The summed E-state index contributed by atoms with van der Waals surface area (Å²) in [6.07, 6.45) is 4.61. The lowest BCUT2D eigenvalue weighted by Crippen LogP contribution is -2.09. The Labute approximate surface area is 115 Å². The molecule has 0 bridgehead atoms. The molecule has 1 aromatic heterocycles. The molecular weight excluding hydrogens is 240 g/mol. The number of unbranched alkanes of at least 4 members (excludes halogenated alkanes) is 1. The molecule has 1 aliphatic carbocycles. The molecule has 0 aromatic carbocycles. The number of aromatic nitrogens is 2. The molecule has 19 heavy (non-hydrogen) atoms. The molecule has 5 nitrogen and oxygen atoms in total. The van der Waals surface area contributed by atoms with Crippen molar-refractivity contribution in [2.45, 2.75) is 38.5 Å².